The number of nitrogens with one attached hydrogen (secondary N) is 1. The lowest BCUT2D eigenvalue weighted by Crippen LogP contribution is -2.14. The van der Waals surface area contributed by atoms with Gasteiger partial charge in [-0.15, -0.1) is 0 Å². The molecular formula is C13H13N3O. The van der Waals surface area contributed by atoms with Crippen molar-refractivity contribution in [2.45, 2.75) is 6.92 Å². The molecule has 0 saturated carbocycles. The average molecular weight is 227 g/mol. The van der Waals surface area contributed by atoms with Crippen molar-refractivity contribution in [1.82, 2.24) is 4.98 Å². The van der Waals surface area contributed by atoms with Crippen molar-refractivity contribution in [3.8, 4) is 0 Å². The van der Waals surface area contributed by atoms with Gasteiger partial charge in [0.1, 0.15) is 5.69 Å². The number of hydrogen-bond donors (Lipinski definition) is 2. The minimum Gasteiger partial charge on any atom is -0.399 e. The third-order valence-electron chi connectivity index (χ3n) is 2.39. The van der Waals surface area contributed by atoms with Crippen LogP contribution in [0.3, 0.4) is 0 Å². The second kappa shape index (κ2) is 4.65. The maximum atomic E-state index is 11.9. The van der Waals surface area contributed by atoms with E-state index in [2.05, 4.69) is 10.3 Å². The van der Waals surface area contributed by atoms with E-state index in [4.69, 9.17) is 5.73 Å². The number of nitrogen functional groups attached to an aromatic ring is 1. The molecule has 0 unspecified atom stereocenters. The molecule has 1 aromatic heterocycles. The number of nitrogens with two attached hydrogens (primary N) is 1. The number of benzene rings is 1. The summed E-state index contributed by atoms with van der Waals surface area (Å²) < 4.78 is 0. The van der Waals surface area contributed by atoms with Crippen molar-refractivity contribution in [3.05, 3.63) is 53.9 Å². The highest BCUT2D eigenvalue weighted by Crippen LogP contribution is 2.12. The zero-order chi connectivity index (χ0) is 12.3. The lowest BCUT2D eigenvalue weighted by Gasteiger charge is -2.06. The first-order valence-electron chi connectivity index (χ1n) is 5.25. The number of amides is 1. The minimum absolute atomic E-state index is 0.215. The van der Waals surface area contributed by atoms with E-state index in [1.807, 2.05) is 13.0 Å². The number of nitrogens with zero attached hydrogens (tertiary/aromatic N) is 1. The summed E-state index contributed by atoms with van der Waals surface area (Å²) in [5.74, 6) is -0.215. The van der Waals surface area contributed by atoms with Crippen molar-refractivity contribution in [2.75, 3.05) is 11.1 Å². The van der Waals surface area contributed by atoms with Crippen LogP contribution in [0.15, 0.2) is 42.6 Å². The molecule has 0 fully saturated rings. The minimum atomic E-state index is -0.215. The molecule has 1 aromatic carbocycles. The Morgan fingerprint density at radius 1 is 1.24 bits per heavy atom. The number of carbonyl (C=O) groups excluding carboxylic acids is 1. The quantitative estimate of drug-likeness (QED) is 0.773. The molecule has 4 heteroatoms. The molecular weight excluding hydrogens is 214 g/mol. The normalized spacial score (nSPS) is 9.94. The van der Waals surface area contributed by atoms with Crippen LogP contribution in [0.2, 0.25) is 0 Å². The highest BCUT2D eigenvalue weighted by molar-refractivity contribution is 6.03. The third-order valence-corrected chi connectivity index (χ3v) is 2.39. The fraction of sp³-hybridized carbons (Fsp3) is 0.0769. The van der Waals surface area contributed by atoms with Crippen LogP contribution in [0.25, 0.3) is 0 Å². The van der Waals surface area contributed by atoms with E-state index in [9.17, 15) is 4.79 Å². The maximum absolute atomic E-state index is 11.9. The average Bonchev–Trinajstić information content (AvgIpc) is 2.32. The summed E-state index contributed by atoms with van der Waals surface area (Å²) in [5.41, 5.74) is 8.22. The van der Waals surface area contributed by atoms with Gasteiger partial charge >= 0.3 is 0 Å². The first kappa shape index (κ1) is 11.1. The molecule has 0 atom stereocenters. The second-order valence-electron chi connectivity index (χ2n) is 3.75. The summed E-state index contributed by atoms with van der Waals surface area (Å²) >= 11 is 0. The number of aryl methyl sites for hydroxylation is 1. The zero-order valence-corrected chi connectivity index (χ0v) is 9.47. The van der Waals surface area contributed by atoms with Gasteiger partial charge in [0.2, 0.25) is 0 Å². The molecule has 4 nitrogen and oxygen atoms in total. The Labute approximate surface area is 99.5 Å². The lowest BCUT2D eigenvalue weighted by molar-refractivity contribution is 0.102. The Kier molecular flexibility index (Phi) is 3.05. The molecule has 1 heterocycles. The largest absolute Gasteiger partial charge is 0.399 e. The molecule has 0 aliphatic heterocycles. The van der Waals surface area contributed by atoms with Crippen LogP contribution in [-0.2, 0) is 0 Å². The summed E-state index contributed by atoms with van der Waals surface area (Å²) in [6.07, 6.45) is 1.60. The van der Waals surface area contributed by atoms with Gasteiger partial charge in [0.15, 0.2) is 0 Å². The Bertz CT molecular complexity index is 535. The number of rotatable bonds is 2. The fourth-order valence-electron chi connectivity index (χ4n) is 1.48. The molecule has 0 saturated heterocycles. The van der Waals surface area contributed by atoms with Gasteiger partial charge in [-0.05, 0) is 42.8 Å². The van der Waals surface area contributed by atoms with Crippen LogP contribution in [0.4, 0.5) is 11.4 Å². The summed E-state index contributed by atoms with van der Waals surface area (Å²) in [4.78, 5) is 16.0. The van der Waals surface area contributed by atoms with Crippen molar-refractivity contribution in [2.24, 2.45) is 0 Å². The van der Waals surface area contributed by atoms with Gasteiger partial charge < -0.3 is 11.1 Å². The third kappa shape index (κ3) is 2.60. The smallest absolute Gasteiger partial charge is 0.274 e. The van der Waals surface area contributed by atoms with Gasteiger partial charge in [-0.1, -0.05) is 6.07 Å². The number of pyridine rings is 1. The molecule has 1 amide bonds. The molecule has 0 radical (unpaired) electrons. The SMILES string of the molecule is Cc1cccnc1C(=O)Nc1ccc(N)cc1. The van der Waals surface area contributed by atoms with Crippen molar-refractivity contribution < 1.29 is 4.79 Å². The lowest BCUT2D eigenvalue weighted by atomic mass is 10.2. The standard InChI is InChI=1S/C13H13N3O/c1-9-3-2-8-15-12(9)13(17)16-11-6-4-10(14)5-7-11/h2-8H,14H2,1H3,(H,16,17). The van der Waals surface area contributed by atoms with Gasteiger partial charge in [-0.3, -0.25) is 9.78 Å². The predicted octanol–water partition coefficient (Wildman–Crippen LogP) is 2.22. The fourth-order valence-corrected chi connectivity index (χ4v) is 1.48. The van der Waals surface area contributed by atoms with Crippen LogP contribution in [-0.4, -0.2) is 10.9 Å². The molecule has 17 heavy (non-hydrogen) atoms. The number of carbonyl (C=O) groups is 1. The highest BCUT2D eigenvalue weighted by Gasteiger charge is 2.09. The monoisotopic (exact) mass is 227 g/mol. The van der Waals surface area contributed by atoms with E-state index < -0.39 is 0 Å². The van der Waals surface area contributed by atoms with E-state index in [1.165, 1.54) is 0 Å². The first-order chi connectivity index (χ1) is 8.16. The Morgan fingerprint density at radius 2 is 1.94 bits per heavy atom. The van der Waals surface area contributed by atoms with Gasteiger partial charge in [0, 0.05) is 17.6 Å². The van der Waals surface area contributed by atoms with E-state index >= 15 is 0 Å². The summed E-state index contributed by atoms with van der Waals surface area (Å²) in [6, 6.07) is 10.6. The Balaban J connectivity index is 2.17. The van der Waals surface area contributed by atoms with Crippen LogP contribution in [0, 0.1) is 6.92 Å². The molecule has 0 aliphatic carbocycles. The Morgan fingerprint density at radius 3 is 2.59 bits per heavy atom. The zero-order valence-electron chi connectivity index (χ0n) is 9.47. The van der Waals surface area contributed by atoms with Gasteiger partial charge in [0.05, 0.1) is 0 Å². The van der Waals surface area contributed by atoms with Gasteiger partial charge in [-0.2, -0.15) is 0 Å². The Hall–Kier alpha value is -2.36. The van der Waals surface area contributed by atoms with Crippen LogP contribution >= 0.6 is 0 Å². The molecule has 86 valence electrons. The molecule has 2 aromatic rings. The van der Waals surface area contributed by atoms with Crippen molar-refractivity contribution in [1.29, 1.82) is 0 Å². The summed E-state index contributed by atoms with van der Waals surface area (Å²) in [5, 5.41) is 2.77. The predicted molar refractivity (Wildman–Crippen MR) is 67.8 cm³/mol. The summed E-state index contributed by atoms with van der Waals surface area (Å²) in [6.45, 7) is 1.85. The highest BCUT2D eigenvalue weighted by atomic mass is 16.1. The molecule has 3 N–H and O–H groups in total. The van der Waals surface area contributed by atoms with Gasteiger partial charge in [0.25, 0.3) is 5.91 Å². The van der Waals surface area contributed by atoms with Gasteiger partial charge in [-0.25, -0.2) is 0 Å². The van der Waals surface area contributed by atoms with Crippen LogP contribution < -0.4 is 11.1 Å². The van der Waals surface area contributed by atoms with Crippen molar-refractivity contribution >= 4 is 17.3 Å². The molecule has 0 spiro atoms. The van der Waals surface area contributed by atoms with E-state index in [0.717, 1.165) is 5.56 Å². The van der Waals surface area contributed by atoms with E-state index in [0.29, 0.717) is 17.1 Å². The second-order valence-corrected chi connectivity index (χ2v) is 3.75. The number of anilines is 2. The van der Waals surface area contributed by atoms with Crippen LogP contribution in [0.5, 0.6) is 0 Å². The van der Waals surface area contributed by atoms with Crippen LogP contribution in [0.1, 0.15) is 16.1 Å². The number of aromatic nitrogens is 1. The number of hydrogen-bond acceptors (Lipinski definition) is 3. The molecule has 2 rings (SSSR count). The molecule has 0 aliphatic rings. The van der Waals surface area contributed by atoms with Crippen molar-refractivity contribution in [3.63, 3.8) is 0 Å². The summed E-state index contributed by atoms with van der Waals surface area (Å²) in [7, 11) is 0. The first-order valence-corrected chi connectivity index (χ1v) is 5.25. The molecule has 0 bridgehead atoms. The topological polar surface area (TPSA) is 68.0 Å². The van der Waals surface area contributed by atoms with E-state index in [1.54, 1.807) is 36.5 Å². The van der Waals surface area contributed by atoms with E-state index in [-0.39, 0.29) is 5.91 Å². The maximum Gasteiger partial charge on any atom is 0.274 e.